The van der Waals surface area contributed by atoms with Gasteiger partial charge in [-0.3, -0.25) is 0 Å². The first-order chi connectivity index (χ1) is 6.84. The molecule has 1 N–H and O–H groups in total. The molecule has 0 aromatic heterocycles. The zero-order valence-corrected chi connectivity index (χ0v) is 8.30. The van der Waals surface area contributed by atoms with Gasteiger partial charge in [0, 0.05) is 0 Å². The maximum atomic E-state index is 12.7. The summed E-state index contributed by atoms with van der Waals surface area (Å²) >= 11 is 0. The molecular weight excluding hydrogens is 176 g/mol. The largest absolute Gasteiger partial charge is 0.317 e. The first kappa shape index (κ1) is 9.66. The van der Waals surface area contributed by atoms with Crippen LogP contribution in [0.15, 0.2) is 24.3 Å². The summed E-state index contributed by atoms with van der Waals surface area (Å²) < 4.78 is 12.7. The predicted octanol–water partition coefficient (Wildman–Crippen LogP) is 2.37. The second kappa shape index (κ2) is 4.56. The number of hydrogen-bond acceptors (Lipinski definition) is 1. The fourth-order valence-corrected chi connectivity index (χ4v) is 2.04. The van der Waals surface area contributed by atoms with Crippen molar-refractivity contribution in [2.24, 2.45) is 5.92 Å². The van der Waals surface area contributed by atoms with Crippen LogP contribution in [-0.4, -0.2) is 13.1 Å². The van der Waals surface area contributed by atoms with Crippen LogP contribution in [0.4, 0.5) is 4.39 Å². The van der Waals surface area contributed by atoms with Gasteiger partial charge in [-0.1, -0.05) is 12.1 Å². The molecule has 1 heterocycles. The Morgan fingerprint density at radius 3 is 2.43 bits per heavy atom. The topological polar surface area (TPSA) is 12.0 Å². The van der Waals surface area contributed by atoms with E-state index in [-0.39, 0.29) is 5.82 Å². The van der Waals surface area contributed by atoms with Gasteiger partial charge < -0.3 is 5.32 Å². The Kier molecular flexibility index (Phi) is 3.14. The van der Waals surface area contributed by atoms with Crippen molar-refractivity contribution in [1.29, 1.82) is 0 Å². The Bertz CT molecular complexity index is 275. The van der Waals surface area contributed by atoms with Crippen molar-refractivity contribution in [3.63, 3.8) is 0 Å². The monoisotopic (exact) mass is 192 g/mol. The van der Waals surface area contributed by atoms with Crippen molar-refractivity contribution in [3.05, 3.63) is 35.6 Å². The summed E-state index contributed by atoms with van der Waals surface area (Å²) in [4.78, 5) is 0. The van der Waals surface area contributed by atoms with Crippen LogP contribution in [0, 0.1) is 11.7 Å². The van der Waals surface area contributed by atoms with E-state index in [9.17, 15) is 4.39 Å². The third-order valence-corrected chi connectivity index (χ3v) is 2.90. The molecule has 0 saturated carbocycles. The highest BCUT2D eigenvalue weighted by Gasteiger charge is 2.13. The minimum Gasteiger partial charge on any atom is -0.317 e. The molecule has 2 heteroatoms. The van der Waals surface area contributed by atoms with E-state index < -0.39 is 0 Å². The molecule has 0 aliphatic carbocycles. The minimum atomic E-state index is -0.140. The second-order valence-electron chi connectivity index (χ2n) is 4.02. The molecule has 2 rings (SSSR count). The van der Waals surface area contributed by atoms with Crippen molar-refractivity contribution in [1.82, 2.24) is 5.32 Å². The first-order valence-corrected chi connectivity index (χ1v) is 5.30. The van der Waals surface area contributed by atoms with Crippen LogP contribution in [-0.2, 0) is 6.42 Å². The molecule has 1 aromatic carbocycles. The quantitative estimate of drug-likeness (QED) is 0.758. The van der Waals surface area contributed by atoms with E-state index in [4.69, 9.17) is 0 Å². The lowest BCUT2D eigenvalue weighted by Crippen LogP contribution is -2.28. The molecule has 1 saturated heterocycles. The molecule has 1 nitrogen and oxygen atoms in total. The smallest absolute Gasteiger partial charge is 0.123 e. The van der Waals surface area contributed by atoms with Crippen LogP contribution in [0.3, 0.4) is 0 Å². The average molecular weight is 192 g/mol. The maximum absolute atomic E-state index is 12.7. The highest BCUT2D eigenvalue weighted by Crippen LogP contribution is 2.17. The van der Waals surface area contributed by atoms with E-state index in [0.29, 0.717) is 0 Å². The molecule has 0 bridgehead atoms. The molecule has 1 aliphatic rings. The van der Waals surface area contributed by atoms with Gasteiger partial charge >= 0.3 is 0 Å². The molecule has 0 unspecified atom stereocenters. The third-order valence-electron chi connectivity index (χ3n) is 2.90. The van der Waals surface area contributed by atoms with Crippen LogP contribution in [0.25, 0.3) is 0 Å². The fourth-order valence-electron chi connectivity index (χ4n) is 2.04. The number of halogens is 1. The van der Waals surface area contributed by atoms with Crippen molar-refractivity contribution in [2.45, 2.75) is 19.3 Å². The molecule has 0 atom stereocenters. The van der Waals surface area contributed by atoms with E-state index in [2.05, 4.69) is 5.32 Å². The molecule has 1 aliphatic heterocycles. The zero-order chi connectivity index (χ0) is 9.80. The lowest BCUT2D eigenvalue weighted by molar-refractivity contribution is 0.372. The van der Waals surface area contributed by atoms with Crippen LogP contribution in [0.1, 0.15) is 18.4 Å². The van der Waals surface area contributed by atoms with Gasteiger partial charge in [-0.05, 0) is 56.0 Å². The average Bonchev–Trinajstić information content (AvgIpc) is 2.23. The molecule has 76 valence electrons. The van der Waals surface area contributed by atoms with E-state index in [0.717, 1.165) is 25.4 Å². The van der Waals surface area contributed by atoms with E-state index in [1.54, 1.807) is 12.1 Å². The van der Waals surface area contributed by atoms with Crippen LogP contribution in [0.5, 0.6) is 0 Å². The van der Waals surface area contributed by atoms with Gasteiger partial charge in [-0.2, -0.15) is 0 Å². The van der Waals surface area contributed by atoms with Crippen molar-refractivity contribution >= 4 is 0 Å². The van der Waals surface area contributed by atoms with E-state index in [1.165, 1.54) is 18.4 Å². The van der Waals surface area contributed by atoms with Crippen molar-refractivity contribution in [3.8, 4) is 0 Å². The van der Waals surface area contributed by atoms with Gasteiger partial charge in [0.05, 0.1) is 0 Å². The predicted molar refractivity (Wildman–Crippen MR) is 55.7 cm³/mol. The Hall–Kier alpha value is -0.890. The van der Waals surface area contributed by atoms with Crippen LogP contribution >= 0.6 is 0 Å². The van der Waals surface area contributed by atoms with Gasteiger partial charge in [-0.25, -0.2) is 4.39 Å². The number of rotatable bonds is 2. The van der Waals surface area contributed by atoms with Gasteiger partial charge in [0.1, 0.15) is 5.82 Å². The lowest BCUT2D eigenvalue weighted by atomic mass is 9.91. The SMILES string of the molecule is [18F]c1ccc(CC2CCNCC2)cc1. The summed E-state index contributed by atoms with van der Waals surface area (Å²) in [7, 11) is 0. The molecule has 1 fully saturated rings. The molecule has 14 heavy (non-hydrogen) atoms. The fraction of sp³-hybridized carbons (Fsp3) is 0.500. The van der Waals surface area contributed by atoms with Gasteiger partial charge in [0.25, 0.3) is 0 Å². The zero-order valence-electron chi connectivity index (χ0n) is 8.30. The highest BCUT2D eigenvalue weighted by atomic mass is 18.2. The van der Waals surface area contributed by atoms with E-state index in [1.807, 2.05) is 12.1 Å². The summed E-state index contributed by atoms with van der Waals surface area (Å²) in [6.45, 7) is 2.26. The molecule has 0 radical (unpaired) electrons. The molecule has 0 spiro atoms. The summed E-state index contributed by atoms with van der Waals surface area (Å²) in [5, 5.41) is 3.35. The minimum absolute atomic E-state index is 0.140. The number of hydrogen-bond donors (Lipinski definition) is 1. The summed E-state index contributed by atoms with van der Waals surface area (Å²) in [6.07, 6.45) is 3.59. The lowest BCUT2D eigenvalue weighted by Gasteiger charge is -2.22. The van der Waals surface area contributed by atoms with Gasteiger partial charge in [0.2, 0.25) is 0 Å². The molecular formula is C12H16FN. The third kappa shape index (κ3) is 2.55. The summed E-state index contributed by atoms with van der Waals surface area (Å²) in [5.41, 5.74) is 1.26. The maximum Gasteiger partial charge on any atom is 0.123 e. The second-order valence-corrected chi connectivity index (χ2v) is 4.02. The Balaban J connectivity index is 1.92. The van der Waals surface area contributed by atoms with E-state index >= 15 is 0 Å². The molecule has 0 amide bonds. The van der Waals surface area contributed by atoms with Gasteiger partial charge in [0.15, 0.2) is 0 Å². The summed E-state index contributed by atoms with van der Waals surface area (Å²) in [6, 6.07) is 6.90. The van der Waals surface area contributed by atoms with Crippen LogP contribution in [0.2, 0.25) is 0 Å². The Morgan fingerprint density at radius 2 is 1.79 bits per heavy atom. The van der Waals surface area contributed by atoms with Gasteiger partial charge in [-0.15, -0.1) is 0 Å². The molecule has 1 aromatic rings. The number of piperidine rings is 1. The Labute approximate surface area is 84.3 Å². The number of benzene rings is 1. The first-order valence-electron chi connectivity index (χ1n) is 5.30. The van der Waals surface area contributed by atoms with Crippen molar-refractivity contribution in [2.75, 3.05) is 13.1 Å². The van der Waals surface area contributed by atoms with Crippen LogP contribution < -0.4 is 5.32 Å². The highest BCUT2D eigenvalue weighted by molar-refractivity contribution is 5.16. The number of nitrogens with one attached hydrogen (secondary N) is 1. The Morgan fingerprint density at radius 1 is 1.14 bits per heavy atom. The standard InChI is InChI=1S/C12H16FN/c13-12-3-1-10(2-4-12)9-11-5-7-14-8-6-11/h1-4,11,14H,5-9H2/i13-1. The van der Waals surface area contributed by atoms with Crippen molar-refractivity contribution < 1.29 is 4.39 Å². The summed E-state index contributed by atoms with van der Waals surface area (Å²) in [5.74, 6) is 0.640. The normalized spacial score (nSPS) is 18.4.